The van der Waals surface area contributed by atoms with Gasteiger partial charge in [0, 0.05) is 24.5 Å². The van der Waals surface area contributed by atoms with Gasteiger partial charge in [0.15, 0.2) is 11.4 Å². The lowest BCUT2D eigenvalue weighted by Gasteiger charge is -2.09. The standard InChI is InChI=1S/C12H11N3O4/c16-9-6-2-1-4-15-5-3-13-10(15)8(6)14-11(17)7(9)12(18)19/h3,5H,1-2,4H2,(H,18,19)(H2,14,16,17). The topological polar surface area (TPSA) is 108 Å². The van der Waals surface area contributed by atoms with Gasteiger partial charge in [0.05, 0.1) is 5.69 Å². The Kier molecular flexibility index (Phi) is 2.41. The largest absolute Gasteiger partial charge is 0.506 e. The molecule has 0 radical (unpaired) electrons. The zero-order valence-electron chi connectivity index (χ0n) is 9.88. The molecule has 0 aromatic carbocycles. The number of hydrogen-bond donors (Lipinski definition) is 3. The van der Waals surface area contributed by atoms with E-state index in [0.717, 1.165) is 6.42 Å². The Balaban J connectivity index is 2.36. The number of aromatic hydroxyl groups is 1. The normalized spacial score (nSPS) is 13.5. The molecule has 98 valence electrons. The molecule has 1 aliphatic heterocycles. The van der Waals surface area contributed by atoms with E-state index in [0.29, 0.717) is 30.0 Å². The van der Waals surface area contributed by atoms with Gasteiger partial charge in [-0.3, -0.25) is 4.79 Å². The van der Waals surface area contributed by atoms with Crippen LogP contribution in [0.5, 0.6) is 5.75 Å². The minimum absolute atomic E-state index is 0.398. The quantitative estimate of drug-likeness (QED) is 0.696. The summed E-state index contributed by atoms with van der Waals surface area (Å²) in [5.74, 6) is -1.35. The molecule has 2 aromatic heterocycles. The van der Waals surface area contributed by atoms with Crippen LogP contribution in [0.15, 0.2) is 17.2 Å². The molecule has 0 bridgehead atoms. The van der Waals surface area contributed by atoms with E-state index in [4.69, 9.17) is 5.11 Å². The van der Waals surface area contributed by atoms with Crippen molar-refractivity contribution >= 4 is 5.97 Å². The minimum Gasteiger partial charge on any atom is -0.506 e. The van der Waals surface area contributed by atoms with Crippen molar-refractivity contribution in [1.82, 2.24) is 14.5 Å². The Morgan fingerprint density at radius 3 is 3.00 bits per heavy atom. The Bertz CT molecular complexity index is 729. The monoisotopic (exact) mass is 261 g/mol. The highest BCUT2D eigenvalue weighted by Gasteiger charge is 2.25. The predicted molar refractivity (Wildman–Crippen MR) is 65.2 cm³/mol. The number of aromatic nitrogens is 3. The second-order valence-electron chi connectivity index (χ2n) is 4.38. The van der Waals surface area contributed by atoms with Crippen molar-refractivity contribution in [2.75, 3.05) is 0 Å². The first-order valence-electron chi connectivity index (χ1n) is 5.82. The number of nitrogens with zero attached hydrogens (tertiary/aromatic N) is 2. The first-order chi connectivity index (χ1) is 9.09. The maximum atomic E-state index is 11.8. The molecule has 2 aromatic rings. The Hall–Kier alpha value is -2.57. The lowest BCUT2D eigenvalue weighted by molar-refractivity contribution is 0.0691. The number of aromatic amines is 1. The summed E-state index contributed by atoms with van der Waals surface area (Å²) in [6.45, 7) is 0.702. The van der Waals surface area contributed by atoms with Crippen LogP contribution >= 0.6 is 0 Å². The molecule has 0 amide bonds. The van der Waals surface area contributed by atoms with Gasteiger partial charge >= 0.3 is 5.97 Å². The fraction of sp³-hybridized carbons (Fsp3) is 0.250. The zero-order valence-corrected chi connectivity index (χ0v) is 9.88. The highest BCUT2D eigenvalue weighted by atomic mass is 16.4. The fourth-order valence-electron chi connectivity index (χ4n) is 2.40. The number of carboxylic acid groups (broad SMARTS) is 1. The summed E-state index contributed by atoms with van der Waals surface area (Å²) in [7, 11) is 0. The van der Waals surface area contributed by atoms with Crippen molar-refractivity contribution in [3.8, 4) is 17.3 Å². The molecular weight excluding hydrogens is 250 g/mol. The summed E-state index contributed by atoms with van der Waals surface area (Å²) in [5, 5.41) is 19.0. The van der Waals surface area contributed by atoms with Gasteiger partial charge in [0.1, 0.15) is 5.75 Å². The van der Waals surface area contributed by atoms with E-state index < -0.39 is 22.8 Å². The third-order valence-corrected chi connectivity index (χ3v) is 3.27. The van der Waals surface area contributed by atoms with Crippen molar-refractivity contribution in [3.63, 3.8) is 0 Å². The van der Waals surface area contributed by atoms with Gasteiger partial charge in [-0.05, 0) is 12.8 Å². The van der Waals surface area contributed by atoms with E-state index in [2.05, 4.69) is 9.97 Å². The summed E-state index contributed by atoms with van der Waals surface area (Å²) in [6, 6.07) is 0. The van der Waals surface area contributed by atoms with Crippen molar-refractivity contribution in [1.29, 1.82) is 0 Å². The lowest BCUT2D eigenvalue weighted by Crippen LogP contribution is -2.20. The average Bonchev–Trinajstić information content (AvgIpc) is 2.73. The number of carbonyl (C=O) groups is 1. The van der Waals surface area contributed by atoms with Gasteiger partial charge in [0.2, 0.25) is 0 Å². The Morgan fingerprint density at radius 2 is 2.26 bits per heavy atom. The van der Waals surface area contributed by atoms with E-state index in [-0.39, 0.29) is 0 Å². The van der Waals surface area contributed by atoms with Crippen molar-refractivity contribution < 1.29 is 15.0 Å². The molecule has 7 heteroatoms. The van der Waals surface area contributed by atoms with Crippen LogP contribution in [0.4, 0.5) is 0 Å². The zero-order chi connectivity index (χ0) is 13.6. The summed E-state index contributed by atoms with van der Waals surface area (Å²) in [4.78, 5) is 29.4. The molecule has 1 aliphatic rings. The van der Waals surface area contributed by atoms with E-state index in [1.54, 1.807) is 12.4 Å². The van der Waals surface area contributed by atoms with Crippen LogP contribution in [0.25, 0.3) is 11.5 Å². The van der Waals surface area contributed by atoms with Gasteiger partial charge in [-0.25, -0.2) is 9.78 Å². The number of hydrogen-bond acceptors (Lipinski definition) is 4. The highest BCUT2D eigenvalue weighted by molar-refractivity contribution is 5.91. The summed E-state index contributed by atoms with van der Waals surface area (Å²) >= 11 is 0. The number of rotatable bonds is 1. The number of aryl methyl sites for hydroxylation is 1. The maximum Gasteiger partial charge on any atom is 0.345 e. The van der Waals surface area contributed by atoms with Gasteiger partial charge in [-0.15, -0.1) is 0 Å². The van der Waals surface area contributed by atoms with Crippen LogP contribution in [-0.2, 0) is 13.0 Å². The number of nitrogens with one attached hydrogen (secondary N) is 1. The molecule has 3 N–H and O–H groups in total. The number of pyridine rings is 1. The number of imidazole rings is 1. The molecule has 0 aliphatic carbocycles. The van der Waals surface area contributed by atoms with Gasteiger partial charge in [-0.2, -0.15) is 0 Å². The van der Waals surface area contributed by atoms with Crippen LogP contribution in [0.3, 0.4) is 0 Å². The summed E-state index contributed by atoms with van der Waals surface area (Å²) < 4.78 is 1.86. The van der Waals surface area contributed by atoms with Crippen LogP contribution in [-0.4, -0.2) is 30.7 Å². The van der Waals surface area contributed by atoms with E-state index in [1.807, 2.05) is 4.57 Å². The molecule has 0 unspecified atom stereocenters. The molecule has 3 rings (SSSR count). The second-order valence-corrected chi connectivity index (χ2v) is 4.38. The fourth-order valence-corrected chi connectivity index (χ4v) is 2.40. The Morgan fingerprint density at radius 1 is 1.47 bits per heavy atom. The van der Waals surface area contributed by atoms with Crippen molar-refractivity contribution in [2.45, 2.75) is 19.4 Å². The highest BCUT2D eigenvalue weighted by Crippen LogP contribution is 2.31. The molecule has 3 heterocycles. The lowest BCUT2D eigenvalue weighted by atomic mass is 10.0. The van der Waals surface area contributed by atoms with E-state index in [1.165, 1.54) is 0 Å². The molecule has 0 spiro atoms. The minimum atomic E-state index is -1.44. The molecule has 19 heavy (non-hydrogen) atoms. The molecule has 0 saturated heterocycles. The first-order valence-corrected chi connectivity index (χ1v) is 5.82. The van der Waals surface area contributed by atoms with Gasteiger partial charge in [-0.1, -0.05) is 0 Å². The van der Waals surface area contributed by atoms with Crippen LogP contribution < -0.4 is 5.56 Å². The first kappa shape index (κ1) is 11.5. The molecule has 0 fully saturated rings. The predicted octanol–water partition coefficient (Wildman–Crippen LogP) is 0.588. The number of carboxylic acids is 1. The van der Waals surface area contributed by atoms with Gasteiger partial charge in [0.25, 0.3) is 5.56 Å². The van der Waals surface area contributed by atoms with Crippen molar-refractivity contribution in [3.05, 3.63) is 33.9 Å². The van der Waals surface area contributed by atoms with Crippen molar-refractivity contribution in [2.24, 2.45) is 0 Å². The Labute approximate surface area is 107 Å². The average molecular weight is 261 g/mol. The summed E-state index contributed by atoms with van der Waals surface area (Å²) in [6.07, 6.45) is 4.60. The smallest absolute Gasteiger partial charge is 0.345 e. The third-order valence-electron chi connectivity index (χ3n) is 3.27. The number of aromatic carboxylic acids is 1. The van der Waals surface area contributed by atoms with Crippen LogP contribution in [0.2, 0.25) is 0 Å². The maximum absolute atomic E-state index is 11.8. The van der Waals surface area contributed by atoms with Gasteiger partial charge < -0.3 is 19.8 Å². The molecule has 0 saturated carbocycles. The molecular formula is C12H11N3O4. The molecule has 0 atom stereocenters. The van der Waals surface area contributed by atoms with E-state index in [9.17, 15) is 14.7 Å². The second kappa shape index (κ2) is 3.98. The number of H-pyrrole nitrogens is 1. The van der Waals surface area contributed by atoms with Crippen LogP contribution in [0, 0.1) is 0 Å². The molecule has 7 nitrogen and oxygen atoms in total. The SMILES string of the molecule is O=C(O)c1c(O)c2c([nH]c1=O)-c1nccn1CCC2. The van der Waals surface area contributed by atoms with E-state index >= 15 is 0 Å². The third kappa shape index (κ3) is 1.62. The summed E-state index contributed by atoms with van der Waals surface area (Å²) in [5.41, 5.74) is -0.601. The van der Waals surface area contributed by atoms with Crippen LogP contribution in [0.1, 0.15) is 22.3 Å². The number of fused-ring (bicyclic) bond motifs is 3.